The van der Waals surface area contributed by atoms with Gasteiger partial charge in [-0.3, -0.25) is 4.79 Å². The highest BCUT2D eigenvalue weighted by Gasteiger charge is 2.06. The smallest absolute Gasteiger partial charge is 0.258 e. The molecule has 0 saturated carbocycles. The van der Waals surface area contributed by atoms with Crippen molar-refractivity contribution in [3.05, 3.63) is 84.2 Å². The van der Waals surface area contributed by atoms with Crippen molar-refractivity contribution in [2.24, 2.45) is 0 Å². The Morgan fingerprint density at radius 2 is 1.59 bits per heavy atom. The number of hydrogen-bond donors (Lipinski definition) is 2. The molecule has 3 aromatic carbocycles. The fraction of sp³-hybridized carbons (Fsp3) is 0.130. The van der Waals surface area contributed by atoms with Crippen LogP contribution >= 0.6 is 0 Å². The van der Waals surface area contributed by atoms with Gasteiger partial charge in [-0.2, -0.15) is 0 Å². The zero-order valence-corrected chi connectivity index (χ0v) is 16.0. The van der Waals surface area contributed by atoms with Gasteiger partial charge in [0.2, 0.25) is 0 Å². The Labute approximate surface area is 168 Å². The van der Waals surface area contributed by atoms with E-state index in [1.165, 1.54) is 5.56 Å². The van der Waals surface area contributed by atoms with E-state index in [4.69, 9.17) is 9.47 Å². The van der Waals surface area contributed by atoms with E-state index < -0.39 is 0 Å². The molecule has 0 atom stereocenters. The molecule has 1 heterocycles. The summed E-state index contributed by atoms with van der Waals surface area (Å²) < 4.78 is 11.3. The minimum Gasteiger partial charge on any atom is -0.484 e. The molecule has 0 radical (unpaired) electrons. The van der Waals surface area contributed by atoms with E-state index in [0.717, 1.165) is 16.8 Å². The van der Waals surface area contributed by atoms with Crippen LogP contribution in [0.15, 0.2) is 72.8 Å². The molecule has 2 N–H and O–H groups in total. The molecule has 29 heavy (non-hydrogen) atoms. The fourth-order valence-corrected chi connectivity index (χ4v) is 2.82. The number of fused-ring (bicyclic) bond motifs is 1. The summed E-state index contributed by atoms with van der Waals surface area (Å²) in [6.07, 6.45) is 0. The Balaban J connectivity index is 1.25. The maximum Gasteiger partial charge on any atom is 0.258 e. The molecule has 0 saturated heterocycles. The van der Waals surface area contributed by atoms with Crippen LogP contribution in [0, 0.1) is 6.92 Å². The fourth-order valence-electron chi connectivity index (χ4n) is 2.82. The number of nitrogens with zero attached hydrogens (tertiary/aromatic N) is 1. The van der Waals surface area contributed by atoms with Crippen molar-refractivity contribution in [1.29, 1.82) is 0 Å². The van der Waals surface area contributed by atoms with E-state index in [9.17, 15) is 4.79 Å². The highest BCUT2D eigenvalue weighted by molar-refractivity contribution is 5.78. The normalized spacial score (nSPS) is 10.7. The highest BCUT2D eigenvalue weighted by Crippen LogP contribution is 2.24. The van der Waals surface area contributed by atoms with Crippen LogP contribution in [0.5, 0.6) is 17.2 Å². The number of carbonyl (C=O) groups is 1. The minimum atomic E-state index is -0.217. The first-order valence-corrected chi connectivity index (χ1v) is 9.33. The van der Waals surface area contributed by atoms with Gasteiger partial charge in [0, 0.05) is 0 Å². The average molecular weight is 387 g/mol. The number of rotatable bonds is 7. The third-order valence-electron chi connectivity index (χ3n) is 4.34. The molecule has 0 spiro atoms. The summed E-state index contributed by atoms with van der Waals surface area (Å²) >= 11 is 0. The number of H-pyrrole nitrogens is 1. The number of aromatic amines is 1. The second-order valence-electron chi connectivity index (χ2n) is 6.65. The second-order valence-corrected chi connectivity index (χ2v) is 6.65. The topological polar surface area (TPSA) is 76.2 Å². The third kappa shape index (κ3) is 4.93. The number of amides is 1. The van der Waals surface area contributed by atoms with Crippen LogP contribution in [-0.4, -0.2) is 22.5 Å². The SMILES string of the molecule is Cc1ccc(Oc2ccc(OCC(=O)NCc3nc4ccccc4[nH]3)cc2)cc1. The Bertz CT molecular complexity index is 1070. The summed E-state index contributed by atoms with van der Waals surface area (Å²) in [6, 6.07) is 22.7. The molecular formula is C23H21N3O3. The largest absolute Gasteiger partial charge is 0.484 e. The van der Waals surface area contributed by atoms with E-state index in [1.54, 1.807) is 12.1 Å². The Morgan fingerprint density at radius 3 is 2.31 bits per heavy atom. The molecule has 4 aromatic rings. The van der Waals surface area contributed by atoms with E-state index >= 15 is 0 Å². The van der Waals surface area contributed by atoms with Gasteiger partial charge >= 0.3 is 0 Å². The summed E-state index contributed by atoms with van der Waals surface area (Å²) in [6.45, 7) is 2.28. The number of hydrogen-bond acceptors (Lipinski definition) is 4. The van der Waals surface area contributed by atoms with Crippen LogP contribution in [0.1, 0.15) is 11.4 Å². The van der Waals surface area contributed by atoms with Crippen molar-refractivity contribution >= 4 is 16.9 Å². The van der Waals surface area contributed by atoms with E-state index in [1.807, 2.05) is 67.6 Å². The summed E-state index contributed by atoms with van der Waals surface area (Å²) in [5, 5.41) is 2.80. The van der Waals surface area contributed by atoms with Gasteiger partial charge in [0.25, 0.3) is 5.91 Å². The van der Waals surface area contributed by atoms with Gasteiger partial charge in [0.15, 0.2) is 6.61 Å². The molecule has 6 nitrogen and oxygen atoms in total. The summed E-state index contributed by atoms with van der Waals surface area (Å²) in [5.74, 6) is 2.56. The molecule has 0 aliphatic heterocycles. The molecular weight excluding hydrogens is 366 g/mol. The van der Waals surface area contributed by atoms with Gasteiger partial charge in [0.1, 0.15) is 23.1 Å². The van der Waals surface area contributed by atoms with Gasteiger partial charge in [-0.05, 0) is 55.5 Å². The van der Waals surface area contributed by atoms with Crippen LogP contribution in [0.4, 0.5) is 0 Å². The van der Waals surface area contributed by atoms with Crippen molar-refractivity contribution in [3.63, 3.8) is 0 Å². The number of aromatic nitrogens is 2. The lowest BCUT2D eigenvalue weighted by Crippen LogP contribution is -2.28. The van der Waals surface area contributed by atoms with Crippen LogP contribution in [0.25, 0.3) is 11.0 Å². The molecule has 1 aromatic heterocycles. The summed E-state index contributed by atoms with van der Waals surface area (Å²) in [7, 11) is 0. The van der Waals surface area contributed by atoms with E-state index in [2.05, 4.69) is 15.3 Å². The highest BCUT2D eigenvalue weighted by atomic mass is 16.5. The lowest BCUT2D eigenvalue weighted by Gasteiger charge is -2.09. The number of imidazole rings is 1. The maximum atomic E-state index is 12.0. The number of para-hydroxylation sites is 2. The predicted molar refractivity (Wildman–Crippen MR) is 111 cm³/mol. The monoisotopic (exact) mass is 387 g/mol. The minimum absolute atomic E-state index is 0.0710. The van der Waals surface area contributed by atoms with Crippen molar-refractivity contribution in [3.8, 4) is 17.2 Å². The molecule has 4 rings (SSSR count). The van der Waals surface area contributed by atoms with Gasteiger partial charge in [-0.25, -0.2) is 4.98 Å². The standard InChI is InChI=1S/C23H21N3O3/c1-16-6-8-18(9-7-16)29-19-12-10-17(11-13-19)28-15-23(27)24-14-22-25-20-4-2-3-5-21(20)26-22/h2-13H,14-15H2,1H3,(H,24,27)(H,25,26). The predicted octanol–water partition coefficient (Wildman–Crippen LogP) is 4.36. The molecule has 1 amide bonds. The maximum absolute atomic E-state index is 12.0. The van der Waals surface area contributed by atoms with Crippen molar-refractivity contribution < 1.29 is 14.3 Å². The molecule has 0 unspecified atom stereocenters. The zero-order valence-electron chi connectivity index (χ0n) is 16.0. The Hall–Kier alpha value is -3.80. The van der Waals surface area contributed by atoms with Crippen LogP contribution < -0.4 is 14.8 Å². The number of carbonyl (C=O) groups excluding carboxylic acids is 1. The van der Waals surface area contributed by atoms with Crippen LogP contribution in [0.3, 0.4) is 0 Å². The molecule has 0 bridgehead atoms. The summed E-state index contributed by atoms with van der Waals surface area (Å²) in [4.78, 5) is 19.6. The quantitative estimate of drug-likeness (QED) is 0.494. The first kappa shape index (κ1) is 18.6. The van der Waals surface area contributed by atoms with E-state index in [-0.39, 0.29) is 12.5 Å². The van der Waals surface area contributed by atoms with Gasteiger partial charge in [-0.15, -0.1) is 0 Å². The number of ether oxygens (including phenoxy) is 2. The van der Waals surface area contributed by atoms with Crippen LogP contribution in [-0.2, 0) is 11.3 Å². The molecule has 146 valence electrons. The number of benzene rings is 3. The Kier molecular flexibility index (Phi) is 5.42. The van der Waals surface area contributed by atoms with E-state index in [0.29, 0.717) is 23.9 Å². The molecule has 0 aliphatic carbocycles. The lowest BCUT2D eigenvalue weighted by atomic mass is 10.2. The molecule has 6 heteroatoms. The van der Waals surface area contributed by atoms with Crippen LogP contribution in [0.2, 0.25) is 0 Å². The van der Waals surface area contributed by atoms with Gasteiger partial charge in [-0.1, -0.05) is 29.8 Å². The molecule has 0 aliphatic rings. The average Bonchev–Trinajstić information content (AvgIpc) is 3.16. The number of aryl methyl sites for hydroxylation is 1. The number of nitrogens with one attached hydrogen (secondary N) is 2. The molecule has 0 fully saturated rings. The van der Waals surface area contributed by atoms with Gasteiger partial charge < -0.3 is 19.8 Å². The van der Waals surface area contributed by atoms with Gasteiger partial charge in [0.05, 0.1) is 17.6 Å². The van der Waals surface area contributed by atoms with Crippen molar-refractivity contribution in [2.45, 2.75) is 13.5 Å². The van der Waals surface area contributed by atoms with Crippen molar-refractivity contribution in [2.75, 3.05) is 6.61 Å². The second kappa shape index (κ2) is 8.48. The Morgan fingerprint density at radius 1 is 0.931 bits per heavy atom. The first-order chi connectivity index (χ1) is 14.2. The zero-order chi connectivity index (χ0) is 20.1. The first-order valence-electron chi connectivity index (χ1n) is 9.33. The van der Waals surface area contributed by atoms with Crippen molar-refractivity contribution in [1.82, 2.24) is 15.3 Å². The third-order valence-corrected chi connectivity index (χ3v) is 4.34. The summed E-state index contributed by atoms with van der Waals surface area (Å²) in [5.41, 5.74) is 3.00. The lowest BCUT2D eigenvalue weighted by molar-refractivity contribution is -0.123.